The molecule has 0 unspecified atom stereocenters. The van der Waals surface area contributed by atoms with Crippen molar-refractivity contribution in [3.63, 3.8) is 0 Å². The summed E-state index contributed by atoms with van der Waals surface area (Å²) in [6.45, 7) is 3.75. The predicted molar refractivity (Wildman–Crippen MR) is 112 cm³/mol. The number of nitrogens with zero attached hydrogens (tertiary/aromatic N) is 2. The van der Waals surface area contributed by atoms with Crippen LogP contribution in [0.4, 0.5) is 0 Å². The van der Waals surface area contributed by atoms with Crippen molar-refractivity contribution in [1.29, 1.82) is 0 Å². The molecule has 0 atom stereocenters. The molecule has 0 N–H and O–H groups in total. The van der Waals surface area contributed by atoms with Crippen molar-refractivity contribution in [3.05, 3.63) is 64.8 Å². The number of ether oxygens (including phenoxy) is 3. The lowest BCUT2D eigenvalue weighted by atomic mass is 10.0. The minimum absolute atomic E-state index is 0.0379. The van der Waals surface area contributed by atoms with E-state index >= 15 is 0 Å². The molecule has 2 aromatic carbocycles. The Morgan fingerprint density at radius 1 is 1.00 bits per heavy atom. The highest BCUT2D eigenvalue weighted by molar-refractivity contribution is 6.31. The molecule has 156 valence electrons. The molecule has 0 saturated heterocycles. The molecule has 0 aliphatic heterocycles. The van der Waals surface area contributed by atoms with Crippen molar-refractivity contribution in [3.8, 4) is 22.7 Å². The summed E-state index contributed by atoms with van der Waals surface area (Å²) >= 11 is 6.22. The van der Waals surface area contributed by atoms with Crippen LogP contribution >= 0.6 is 11.6 Å². The molecule has 3 aromatic rings. The number of carbonyl (C=O) groups is 2. The summed E-state index contributed by atoms with van der Waals surface area (Å²) in [7, 11) is 2.47. The van der Waals surface area contributed by atoms with Gasteiger partial charge in [-0.05, 0) is 44.2 Å². The second kappa shape index (κ2) is 9.00. The number of rotatable bonds is 6. The molecule has 0 aliphatic rings. The molecule has 0 aliphatic carbocycles. The van der Waals surface area contributed by atoms with Gasteiger partial charge in [0.15, 0.2) is 5.69 Å². The van der Waals surface area contributed by atoms with Gasteiger partial charge in [0.1, 0.15) is 17.0 Å². The lowest BCUT2D eigenvalue weighted by Crippen LogP contribution is -2.15. The van der Waals surface area contributed by atoms with Gasteiger partial charge in [0.05, 0.1) is 26.0 Å². The zero-order valence-corrected chi connectivity index (χ0v) is 17.8. The maximum absolute atomic E-state index is 12.8. The van der Waals surface area contributed by atoms with E-state index in [1.54, 1.807) is 42.5 Å². The van der Waals surface area contributed by atoms with Crippen LogP contribution in [0.2, 0.25) is 5.02 Å². The SMILES string of the molecule is COC(=O)c1c(-c2cc(Cl)ccc2OC(C)C)nn(-c2ccccc2)c1C(=O)OC. The molecule has 0 bridgehead atoms. The maximum atomic E-state index is 12.8. The lowest BCUT2D eigenvalue weighted by molar-refractivity contribution is 0.0549. The normalized spacial score (nSPS) is 10.7. The number of aromatic nitrogens is 2. The highest BCUT2D eigenvalue weighted by Crippen LogP contribution is 2.37. The third kappa shape index (κ3) is 4.16. The number of carbonyl (C=O) groups excluding carboxylic acids is 2. The summed E-state index contributed by atoms with van der Waals surface area (Å²) in [4.78, 5) is 25.4. The second-order valence-electron chi connectivity index (χ2n) is 6.61. The van der Waals surface area contributed by atoms with Crippen LogP contribution in [0, 0.1) is 0 Å². The number of benzene rings is 2. The quantitative estimate of drug-likeness (QED) is 0.536. The molecule has 0 saturated carbocycles. The minimum atomic E-state index is -0.733. The number of halogens is 1. The molecule has 1 heterocycles. The van der Waals surface area contributed by atoms with Crippen LogP contribution in [-0.2, 0) is 9.47 Å². The van der Waals surface area contributed by atoms with E-state index in [-0.39, 0.29) is 23.1 Å². The van der Waals surface area contributed by atoms with Crippen LogP contribution in [-0.4, -0.2) is 42.0 Å². The molecule has 7 nitrogen and oxygen atoms in total. The average molecular weight is 429 g/mol. The van der Waals surface area contributed by atoms with Crippen molar-refractivity contribution in [2.45, 2.75) is 20.0 Å². The fourth-order valence-corrected chi connectivity index (χ4v) is 3.16. The Morgan fingerprint density at radius 2 is 1.67 bits per heavy atom. The van der Waals surface area contributed by atoms with Gasteiger partial charge in [0.25, 0.3) is 0 Å². The number of para-hydroxylation sites is 1. The zero-order valence-electron chi connectivity index (χ0n) is 17.0. The molecular weight excluding hydrogens is 408 g/mol. The van der Waals surface area contributed by atoms with Crippen LogP contribution in [0.1, 0.15) is 34.7 Å². The van der Waals surface area contributed by atoms with Crippen LogP contribution in [0.15, 0.2) is 48.5 Å². The standard InChI is InChI=1S/C22H21ClN2O5/c1-13(2)30-17-11-10-14(23)12-16(17)19-18(21(26)28-3)20(22(27)29-4)25(24-19)15-8-6-5-7-9-15/h5-13H,1-4H3. The molecule has 0 amide bonds. The van der Waals surface area contributed by atoms with E-state index < -0.39 is 11.9 Å². The van der Waals surface area contributed by atoms with Gasteiger partial charge in [0, 0.05) is 10.6 Å². The first kappa shape index (κ1) is 21.4. The van der Waals surface area contributed by atoms with Gasteiger partial charge in [-0.25, -0.2) is 14.3 Å². The molecule has 30 heavy (non-hydrogen) atoms. The number of methoxy groups -OCH3 is 2. The van der Waals surface area contributed by atoms with Crippen molar-refractivity contribution in [2.24, 2.45) is 0 Å². The summed E-state index contributed by atoms with van der Waals surface area (Å²) in [6.07, 6.45) is -0.136. The van der Waals surface area contributed by atoms with Gasteiger partial charge < -0.3 is 14.2 Å². The van der Waals surface area contributed by atoms with Gasteiger partial charge in [-0.2, -0.15) is 5.10 Å². The maximum Gasteiger partial charge on any atom is 0.357 e. The Balaban J connectivity index is 2.38. The van der Waals surface area contributed by atoms with Gasteiger partial charge >= 0.3 is 11.9 Å². The summed E-state index contributed by atoms with van der Waals surface area (Å²) in [6, 6.07) is 13.9. The molecule has 0 radical (unpaired) electrons. The van der Waals surface area contributed by atoms with E-state index in [1.807, 2.05) is 19.9 Å². The van der Waals surface area contributed by atoms with Gasteiger partial charge in [-0.3, -0.25) is 0 Å². The molecule has 8 heteroatoms. The Kier molecular flexibility index (Phi) is 6.42. The van der Waals surface area contributed by atoms with E-state index in [0.717, 1.165) is 0 Å². The Hall–Kier alpha value is -3.32. The van der Waals surface area contributed by atoms with Crippen molar-refractivity contribution >= 4 is 23.5 Å². The Bertz CT molecular complexity index is 1080. The Morgan fingerprint density at radius 3 is 2.27 bits per heavy atom. The summed E-state index contributed by atoms with van der Waals surface area (Å²) in [5, 5.41) is 5.00. The van der Waals surface area contributed by atoms with E-state index in [0.29, 0.717) is 22.0 Å². The monoisotopic (exact) mass is 428 g/mol. The number of esters is 2. The highest BCUT2D eigenvalue weighted by Gasteiger charge is 2.32. The third-order valence-electron chi connectivity index (χ3n) is 4.21. The molecular formula is C22H21ClN2O5. The predicted octanol–water partition coefficient (Wildman–Crippen LogP) is 4.55. The molecule has 0 fully saturated rings. The second-order valence-corrected chi connectivity index (χ2v) is 7.05. The van der Waals surface area contributed by atoms with Crippen molar-refractivity contribution in [2.75, 3.05) is 14.2 Å². The number of hydrogen-bond acceptors (Lipinski definition) is 6. The van der Waals surface area contributed by atoms with E-state index in [1.165, 1.54) is 18.9 Å². The van der Waals surface area contributed by atoms with Crippen LogP contribution < -0.4 is 4.74 Å². The minimum Gasteiger partial charge on any atom is -0.490 e. The van der Waals surface area contributed by atoms with Gasteiger partial charge in [0.2, 0.25) is 0 Å². The summed E-state index contributed by atoms with van der Waals surface area (Å²) < 4.78 is 17.1. The van der Waals surface area contributed by atoms with Crippen molar-refractivity contribution in [1.82, 2.24) is 9.78 Å². The molecule has 1 aromatic heterocycles. The molecule has 3 rings (SSSR count). The lowest BCUT2D eigenvalue weighted by Gasteiger charge is -2.14. The van der Waals surface area contributed by atoms with Gasteiger partial charge in [-0.1, -0.05) is 29.8 Å². The summed E-state index contributed by atoms with van der Waals surface area (Å²) in [5.74, 6) is -0.997. The van der Waals surface area contributed by atoms with Crippen LogP contribution in [0.3, 0.4) is 0 Å². The number of hydrogen-bond donors (Lipinski definition) is 0. The first-order valence-electron chi connectivity index (χ1n) is 9.19. The topological polar surface area (TPSA) is 79.7 Å². The fraction of sp³-hybridized carbons (Fsp3) is 0.227. The van der Waals surface area contributed by atoms with Crippen molar-refractivity contribution < 1.29 is 23.8 Å². The van der Waals surface area contributed by atoms with Crippen LogP contribution in [0.5, 0.6) is 5.75 Å². The Labute approximate surface area is 179 Å². The third-order valence-corrected chi connectivity index (χ3v) is 4.45. The van der Waals surface area contributed by atoms with E-state index in [4.69, 9.17) is 25.8 Å². The average Bonchev–Trinajstić information content (AvgIpc) is 3.14. The first-order valence-corrected chi connectivity index (χ1v) is 9.56. The zero-order chi connectivity index (χ0) is 21.8. The first-order chi connectivity index (χ1) is 14.4. The highest BCUT2D eigenvalue weighted by atomic mass is 35.5. The van der Waals surface area contributed by atoms with E-state index in [2.05, 4.69) is 5.10 Å². The molecule has 0 spiro atoms. The van der Waals surface area contributed by atoms with Gasteiger partial charge in [-0.15, -0.1) is 0 Å². The summed E-state index contributed by atoms with van der Waals surface area (Å²) in [5.41, 5.74) is 1.13. The largest absolute Gasteiger partial charge is 0.490 e. The smallest absolute Gasteiger partial charge is 0.357 e. The van der Waals surface area contributed by atoms with Crippen LogP contribution in [0.25, 0.3) is 16.9 Å². The van der Waals surface area contributed by atoms with E-state index in [9.17, 15) is 9.59 Å². The fourth-order valence-electron chi connectivity index (χ4n) is 2.99.